The molecule has 2 rings (SSSR count). The van der Waals surface area contributed by atoms with Crippen LogP contribution in [0.15, 0.2) is 48.8 Å². The first kappa shape index (κ1) is 15.2. The Morgan fingerprint density at radius 2 is 1.71 bits per heavy atom. The van der Waals surface area contributed by atoms with Crippen molar-refractivity contribution in [3.05, 3.63) is 65.5 Å². The summed E-state index contributed by atoms with van der Waals surface area (Å²) in [6.07, 6.45) is 3.27. The van der Waals surface area contributed by atoms with E-state index in [-0.39, 0.29) is 5.75 Å². The summed E-state index contributed by atoms with van der Waals surface area (Å²) >= 11 is 0. The van der Waals surface area contributed by atoms with E-state index in [1.165, 1.54) is 4.31 Å². The Bertz CT molecular complexity index is 735. The van der Waals surface area contributed by atoms with Crippen LogP contribution in [0.3, 0.4) is 0 Å². The van der Waals surface area contributed by atoms with Crippen LogP contribution in [0.25, 0.3) is 0 Å². The molecule has 0 bridgehead atoms. The van der Waals surface area contributed by atoms with Gasteiger partial charge in [-0.15, -0.1) is 0 Å². The number of nitriles is 1. The molecule has 0 amide bonds. The summed E-state index contributed by atoms with van der Waals surface area (Å²) in [6.45, 7) is 0.307. The molecule has 0 aliphatic carbocycles. The van der Waals surface area contributed by atoms with Crippen molar-refractivity contribution in [3.63, 3.8) is 0 Å². The highest BCUT2D eigenvalue weighted by atomic mass is 32.2. The van der Waals surface area contributed by atoms with Crippen LogP contribution in [0.5, 0.6) is 0 Å². The highest BCUT2D eigenvalue weighted by Crippen LogP contribution is 2.13. The van der Waals surface area contributed by atoms with Crippen LogP contribution < -0.4 is 0 Å². The molecule has 0 N–H and O–H groups in total. The maximum absolute atomic E-state index is 12.3. The minimum absolute atomic E-state index is 0.0830. The van der Waals surface area contributed by atoms with Crippen LogP contribution in [0.2, 0.25) is 0 Å². The molecule has 0 aliphatic rings. The van der Waals surface area contributed by atoms with Crippen molar-refractivity contribution in [3.8, 4) is 6.07 Å². The molecule has 1 heterocycles. The minimum atomic E-state index is -3.40. The number of hydrogen-bond donors (Lipinski definition) is 0. The Kier molecular flexibility index (Phi) is 4.68. The van der Waals surface area contributed by atoms with E-state index >= 15 is 0 Å². The smallest absolute Gasteiger partial charge is 0.218 e. The molecular weight excluding hydrogens is 286 g/mol. The van der Waals surface area contributed by atoms with Crippen molar-refractivity contribution in [2.75, 3.05) is 7.05 Å². The largest absolute Gasteiger partial charge is 0.265 e. The number of hydrogen-bond acceptors (Lipinski definition) is 4. The average molecular weight is 301 g/mol. The summed E-state index contributed by atoms with van der Waals surface area (Å²) in [5.74, 6) is -0.0830. The normalized spacial score (nSPS) is 11.3. The molecule has 0 aliphatic heterocycles. The van der Waals surface area contributed by atoms with E-state index in [4.69, 9.17) is 5.26 Å². The molecule has 21 heavy (non-hydrogen) atoms. The standard InChI is InChI=1S/C15H15N3O2S/c1-18(11-14-6-8-17-9-7-14)21(19,20)12-15-4-2-13(10-16)3-5-15/h2-9H,11-12H2,1H3. The fraction of sp³-hybridized carbons (Fsp3) is 0.200. The summed E-state index contributed by atoms with van der Waals surface area (Å²) in [4.78, 5) is 3.90. The number of benzene rings is 1. The second kappa shape index (κ2) is 6.48. The molecule has 6 heteroatoms. The van der Waals surface area contributed by atoms with Gasteiger partial charge in [0, 0.05) is 26.0 Å². The maximum atomic E-state index is 12.3. The summed E-state index contributed by atoms with van der Waals surface area (Å²) < 4.78 is 25.9. The summed E-state index contributed by atoms with van der Waals surface area (Å²) in [7, 11) is -1.85. The molecule has 0 fully saturated rings. The third-order valence-corrected chi connectivity index (χ3v) is 4.84. The van der Waals surface area contributed by atoms with Crippen molar-refractivity contribution < 1.29 is 8.42 Å². The van der Waals surface area contributed by atoms with Crippen molar-refractivity contribution in [1.29, 1.82) is 5.26 Å². The van der Waals surface area contributed by atoms with Crippen LogP contribution in [0.1, 0.15) is 16.7 Å². The molecular formula is C15H15N3O2S. The fourth-order valence-electron chi connectivity index (χ4n) is 1.84. The van der Waals surface area contributed by atoms with Crippen LogP contribution in [-0.4, -0.2) is 24.8 Å². The molecule has 0 atom stereocenters. The molecule has 1 aromatic carbocycles. The monoisotopic (exact) mass is 301 g/mol. The Balaban J connectivity index is 2.08. The van der Waals surface area contributed by atoms with Gasteiger partial charge in [-0.3, -0.25) is 4.98 Å². The van der Waals surface area contributed by atoms with Gasteiger partial charge in [0.2, 0.25) is 10.0 Å². The number of rotatable bonds is 5. The molecule has 5 nitrogen and oxygen atoms in total. The van der Waals surface area contributed by atoms with Crippen molar-refractivity contribution in [2.24, 2.45) is 0 Å². The first-order valence-corrected chi connectivity index (χ1v) is 7.94. The van der Waals surface area contributed by atoms with E-state index < -0.39 is 10.0 Å². The van der Waals surface area contributed by atoms with Gasteiger partial charge < -0.3 is 0 Å². The zero-order valence-electron chi connectivity index (χ0n) is 11.6. The van der Waals surface area contributed by atoms with Crippen molar-refractivity contribution in [2.45, 2.75) is 12.3 Å². The van der Waals surface area contributed by atoms with E-state index in [1.807, 2.05) is 6.07 Å². The van der Waals surface area contributed by atoms with Gasteiger partial charge >= 0.3 is 0 Å². The Morgan fingerprint density at radius 3 is 2.29 bits per heavy atom. The van der Waals surface area contributed by atoms with Gasteiger partial charge in [-0.05, 0) is 35.4 Å². The van der Waals surface area contributed by atoms with Gasteiger partial charge in [0.05, 0.1) is 17.4 Å². The SMILES string of the molecule is CN(Cc1ccncc1)S(=O)(=O)Cc1ccc(C#N)cc1. The second-order valence-corrected chi connectivity index (χ2v) is 6.75. The molecule has 0 unspecified atom stereocenters. The van der Waals surface area contributed by atoms with Gasteiger partial charge in [0.25, 0.3) is 0 Å². The van der Waals surface area contributed by atoms with Crippen LogP contribution in [0, 0.1) is 11.3 Å². The molecule has 2 aromatic rings. The molecule has 0 spiro atoms. The van der Waals surface area contributed by atoms with Crippen molar-refractivity contribution >= 4 is 10.0 Å². The van der Waals surface area contributed by atoms with Crippen LogP contribution >= 0.6 is 0 Å². The first-order chi connectivity index (χ1) is 10.0. The van der Waals surface area contributed by atoms with Gasteiger partial charge in [-0.1, -0.05) is 12.1 Å². The molecule has 0 saturated carbocycles. The lowest BCUT2D eigenvalue weighted by atomic mass is 10.2. The highest BCUT2D eigenvalue weighted by molar-refractivity contribution is 7.88. The minimum Gasteiger partial charge on any atom is -0.265 e. The topological polar surface area (TPSA) is 74.1 Å². The second-order valence-electron chi connectivity index (χ2n) is 4.68. The number of aromatic nitrogens is 1. The van der Waals surface area contributed by atoms with Crippen LogP contribution in [0.4, 0.5) is 0 Å². The Morgan fingerprint density at radius 1 is 1.10 bits per heavy atom. The van der Waals surface area contributed by atoms with Gasteiger partial charge in [0.15, 0.2) is 0 Å². The molecule has 108 valence electrons. The quantitative estimate of drug-likeness (QED) is 0.845. The van der Waals surface area contributed by atoms with Crippen LogP contribution in [-0.2, 0) is 22.3 Å². The Hall–Kier alpha value is -2.23. The highest BCUT2D eigenvalue weighted by Gasteiger charge is 2.18. The number of nitrogens with zero attached hydrogens (tertiary/aromatic N) is 3. The van der Waals surface area contributed by atoms with E-state index in [9.17, 15) is 8.42 Å². The number of sulfonamides is 1. The maximum Gasteiger partial charge on any atom is 0.218 e. The lowest BCUT2D eigenvalue weighted by molar-refractivity contribution is 0.465. The summed E-state index contributed by atoms with van der Waals surface area (Å²) in [6, 6.07) is 12.1. The van der Waals surface area contributed by atoms with Gasteiger partial charge in [-0.2, -0.15) is 5.26 Å². The van der Waals surface area contributed by atoms with Crippen molar-refractivity contribution in [1.82, 2.24) is 9.29 Å². The predicted molar refractivity (Wildman–Crippen MR) is 79.5 cm³/mol. The third-order valence-electron chi connectivity index (χ3n) is 3.06. The van der Waals surface area contributed by atoms with Gasteiger partial charge in [0.1, 0.15) is 0 Å². The average Bonchev–Trinajstić information content (AvgIpc) is 2.48. The zero-order valence-corrected chi connectivity index (χ0v) is 12.4. The summed E-state index contributed by atoms with van der Waals surface area (Å²) in [5.41, 5.74) is 2.06. The third kappa shape index (κ3) is 4.12. The van der Waals surface area contributed by atoms with E-state index in [0.29, 0.717) is 17.7 Å². The van der Waals surface area contributed by atoms with E-state index in [1.54, 1.807) is 55.8 Å². The fourth-order valence-corrected chi connectivity index (χ4v) is 3.02. The lowest BCUT2D eigenvalue weighted by Gasteiger charge is -2.17. The van der Waals surface area contributed by atoms with E-state index in [0.717, 1.165) is 5.56 Å². The first-order valence-electron chi connectivity index (χ1n) is 6.33. The number of pyridine rings is 1. The molecule has 0 radical (unpaired) electrons. The molecule has 1 aromatic heterocycles. The van der Waals surface area contributed by atoms with Gasteiger partial charge in [-0.25, -0.2) is 12.7 Å². The van der Waals surface area contributed by atoms with E-state index in [2.05, 4.69) is 4.98 Å². The molecule has 0 saturated heterocycles. The Labute approximate surface area is 124 Å². The summed E-state index contributed by atoms with van der Waals surface area (Å²) in [5, 5.41) is 8.73. The zero-order chi connectivity index (χ0) is 15.3. The lowest BCUT2D eigenvalue weighted by Crippen LogP contribution is -2.27. The predicted octanol–water partition coefficient (Wildman–Crippen LogP) is 1.92.